The third kappa shape index (κ3) is 8.99. The molecule has 1 atom stereocenters. The number of hydrogen-bond acceptors (Lipinski definition) is 5. The number of carboxylic acids is 2. The summed E-state index contributed by atoms with van der Waals surface area (Å²) in [4.78, 5) is 35.4. The number of aromatic carboxylic acids is 1. The minimum Gasteiger partial charge on any atom is -0.477 e. The third-order valence-corrected chi connectivity index (χ3v) is 3.21. The van der Waals surface area contributed by atoms with Crippen molar-refractivity contribution >= 4 is 17.8 Å². The molecule has 8 nitrogen and oxygen atoms in total. The topological polar surface area (TPSA) is 143 Å². The third-order valence-electron chi connectivity index (χ3n) is 3.21. The van der Waals surface area contributed by atoms with Gasteiger partial charge in [0.05, 0.1) is 5.56 Å². The number of carboxylic acid groups (broad SMARTS) is 2. The summed E-state index contributed by atoms with van der Waals surface area (Å²) in [6.45, 7) is 6.34. The van der Waals surface area contributed by atoms with Gasteiger partial charge in [0.1, 0.15) is 5.69 Å². The molecule has 0 radical (unpaired) electrons. The number of carbonyl (C=O) groups is 3. The summed E-state index contributed by atoms with van der Waals surface area (Å²) in [7, 11) is 0. The Labute approximate surface area is 153 Å². The van der Waals surface area contributed by atoms with E-state index in [0.717, 1.165) is 6.42 Å². The van der Waals surface area contributed by atoms with Crippen molar-refractivity contribution < 1.29 is 37.8 Å². The van der Waals surface area contributed by atoms with Crippen LogP contribution in [0.4, 0.5) is 13.2 Å². The monoisotopic (exact) mass is 393 g/mol. The predicted octanol–water partition coefficient (Wildman–Crippen LogP) is 1.91. The average Bonchev–Trinajstić information content (AvgIpc) is 2.53. The molecule has 0 spiro atoms. The molecular formula is C16H22F3N3O5. The molecule has 1 rings (SSSR count). The molecule has 1 aromatic rings. The molecule has 0 aromatic carbocycles. The van der Waals surface area contributed by atoms with Crippen LogP contribution in [-0.2, 0) is 4.79 Å². The lowest BCUT2D eigenvalue weighted by molar-refractivity contribution is -0.192. The molecule has 1 aromatic heterocycles. The van der Waals surface area contributed by atoms with Gasteiger partial charge < -0.3 is 21.3 Å². The fourth-order valence-corrected chi connectivity index (χ4v) is 2.09. The van der Waals surface area contributed by atoms with Gasteiger partial charge in [-0.2, -0.15) is 13.2 Å². The molecule has 11 heteroatoms. The second-order valence-corrected chi connectivity index (χ2v) is 6.36. The zero-order chi connectivity index (χ0) is 21.4. The number of rotatable bonds is 6. The standard InChI is InChI=1S/C14H21N3O3.C2HF3O2/c1-9(2)6-14(3,8-15)17-12(18)10-4-5-11(13(19)20)16-7-10;3-2(4,5)1(6)7/h4-5,7,9H,6,8,15H2,1-3H3,(H,17,18)(H,19,20);(H,6,7). The highest BCUT2D eigenvalue weighted by molar-refractivity contribution is 5.95. The molecule has 0 bridgehead atoms. The Morgan fingerprint density at radius 2 is 1.74 bits per heavy atom. The van der Waals surface area contributed by atoms with Crippen molar-refractivity contribution in [2.24, 2.45) is 11.7 Å². The summed E-state index contributed by atoms with van der Waals surface area (Å²) in [5, 5.41) is 18.8. The normalized spacial score (nSPS) is 13.2. The fourth-order valence-electron chi connectivity index (χ4n) is 2.09. The second kappa shape index (κ2) is 9.86. The van der Waals surface area contributed by atoms with Gasteiger partial charge in [0, 0.05) is 18.3 Å². The molecule has 0 aliphatic heterocycles. The molecule has 1 amide bonds. The summed E-state index contributed by atoms with van der Waals surface area (Å²) in [5.74, 6) is -3.78. The van der Waals surface area contributed by atoms with Crippen LogP contribution in [0.2, 0.25) is 0 Å². The van der Waals surface area contributed by atoms with Crippen LogP contribution >= 0.6 is 0 Å². The van der Waals surface area contributed by atoms with Gasteiger partial charge in [-0.1, -0.05) is 13.8 Å². The van der Waals surface area contributed by atoms with Crippen LogP contribution in [0.15, 0.2) is 18.3 Å². The van der Waals surface area contributed by atoms with Crippen molar-refractivity contribution in [3.05, 3.63) is 29.6 Å². The summed E-state index contributed by atoms with van der Waals surface area (Å²) in [5.41, 5.74) is 5.47. The number of aliphatic carboxylic acids is 1. The summed E-state index contributed by atoms with van der Waals surface area (Å²) >= 11 is 0. The van der Waals surface area contributed by atoms with Crippen LogP contribution in [0.1, 0.15) is 48.0 Å². The number of nitrogens with one attached hydrogen (secondary N) is 1. The van der Waals surface area contributed by atoms with Gasteiger partial charge in [-0.25, -0.2) is 14.6 Å². The van der Waals surface area contributed by atoms with Crippen LogP contribution < -0.4 is 11.1 Å². The van der Waals surface area contributed by atoms with E-state index >= 15 is 0 Å². The van der Waals surface area contributed by atoms with E-state index in [0.29, 0.717) is 18.0 Å². The Hall–Kier alpha value is -2.69. The zero-order valence-electron chi connectivity index (χ0n) is 15.0. The van der Waals surface area contributed by atoms with Gasteiger partial charge >= 0.3 is 18.1 Å². The van der Waals surface area contributed by atoms with Crippen molar-refractivity contribution in [3.8, 4) is 0 Å². The number of aromatic nitrogens is 1. The van der Waals surface area contributed by atoms with E-state index in [1.807, 2.05) is 6.92 Å². The highest BCUT2D eigenvalue weighted by Crippen LogP contribution is 2.16. The molecule has 0 aliphatic rings. The lowest BCUT2D eigenvalue weighted by Gasteiger charge is -2.31. The number of hydrogen-bond donors (Lipinski definition) is 4. The van der Waals surface area contributed by atoms with Crippen LogP contribution in [-0.4, -0.2) is 51.3 Å². The number of nitrogens with zero attached hydrogens (tertiary/aromatic N) is 1. The molecular weight excluding hydrogens is 371 g/mol. The van der Waals surface area contributed by atoms with E-state index in [1.54, 1.807) is 0 Å². The van der Waals surface area contributed by atoms with Crippen molar-refractivity contribution in [2.75, 3.05) is 6.54 Å². The zero-order valence-corrected chi connectivity index (χ0v) is 15.0. The van der Waals surface area contributed by atoms with E-state index in [-0.39, 0.29) is 11.6 Å². The molecule has 1 unspecified atom stereocenters. The van der Waals surface area contributed by atoms with Crippen LogP contribution in [0.3, 0.4) is 0 Å². The van der Waals surface area contributed by atoms with Gasteiger partial charge in [0.25, 0.3) is 5.91 Å². The van der Waals surface area contributed by atoms with Gasteiger partial charge in [0.2, 0.25) is 0 Å². The number of halogens is 3. The van der Waals surface area contributed by atoms with Crippen molar-refractivity contribution in [3.63, 3.8) is 0 Å². The highest BCUT2D eigenvalue weighted by Gasteiger charge is 2.38. The maximum Gasteiger partial charge on any atom is 0.490 e. The molecule has 152 valence electrons. The number of pyridine rings is 1. The minimum atomic E-state index is -5.08. The molecule has 0 saturated heterocycles. The van der Waals surface area contributed by atoms with Crippen molar-refractivity contribution in [1.29, 1.82) is 0 Å². The minimum absolute atomic E-state index is 0.0923. The SMILES string of the molecule is CC(C)CC(C)(CN)NC(=O)c1ccc(C(=O)O)nc1.O=C(O)C(F)(F)F. The van der Waals surface area contributed by atoms with Crippen molar-refractivity contribution in [2.45, 2.75) is 38.9 Å². The molecule has 0 fully saturated rings. The molecule has 0 saturated carbocycles. The number of nitrogens with two attached hydrogens (primary N) is 1. The quantitative estimate of drug-likeness (QED) is 0.578. The van der Waals surface area contributed by atoms with E-state index < -0.39 is 23.7 Å². The van der Waals surface area contributed by atoms with Crippen LogP contribution in [0.25, 0.3) is 0 Å². The predicted molar refractivity (Wildman–Crippen MR) is 89.3 cm³/mol. The first kappa shape index (κ1) is 24.3. The van der Waals surface area contributed by atoms with Gasteiger partial charge in [-0.3, -0.25) is 4.79 Å². The largest absolute Gasteiger partial charge is 0.490 e. The highest BCUT2D eigenvalue weighted by atomic mass is 19.4. The maximum absolute atomic E-state index is 12.1. The Kier molecular flexibility index (Phi) is 8.87. The molecule has 0 aliphatic carbocycles. The summed E-state index contributed by atoms with van der Waals surface area (Å²) in [6.07, 6.45) is -3.07. The van der Waals surface area contributed by atoms with Gasteiger partial charge in [-0.15, -0.1) is 0 Å². The smallest absolute Gasteiger partial charge is 0.477 e. The number of amides is 1. The number of alkyl halides is 3. The number of carbonyl (C=O) groups excluding carboxylic acids is 1. The van der Waals surface area contributed by atoms with E-state index in [9.17, 15) is 22.8 Å². The fraction of sp³-hybridized carbons (Fsp3) is 0.500. The van der Waals surface area contributed by atoms with E-state index in [1.165, 1.54) is 18.3 Å². The Morgan fingerprint density at radius 1 is 1.22 bits per heavy atom. The maximum atomic E-state index is 12.1. The van der Waals surface area contributed by atoms with Gasteiger partial charge in [0.15, 0.2) is 0 Å². The van der Waals surface area contributed by atoms with Crippen LogP contribution in [0, 0.1) is 5.92 Å². The summed E-state index contributed by atoms with van der Waals surface area (Å²) in [6, 6.07) is 2.75. The Bertz CT molecular complexity index is 662. The van der Waals surface area contributed by atoms with Crippen molar-refractivity contribution in [1.82, 2.24) is 10.3 Å². The van der Waals surface area contributed by atoms with Crippen LogP contribution in [0.5, 0.6) is 0 Å². The first-order valence-corrected chi connectivity index (χ1v) is 7.74. The van der Waals surface area contributed by atoms with Gasteiger partial charge in [-0.05, 0) is 31.4 Å². The lowest BCUT2D eigenvalue weighted by Crippen LogP contribution is -2.52. The molecule has 1 heterocycles. The molecule has 5 N–H and O–H groups in total. The van der Waals surface area contributed by atoms with E-state index in [4.69, 9.17) is 20.7 Å². The lowest BCUT2D eigenvalue weighted by atomic mass is 9.90. The van der Waals surface area contributed by atoms with E-state index in [2.05, 4.69) is 24.1 Å². The molecule has 27 heavy (non-hydrogen) atoms. The first-order valence-electron chi connectivity index (χ1n) is 7.74. The summed E-state index contributed by atoms with van der Waals surface area (Å²) < 4.78 is 31.7. The first-order chi connectivity index (χ1) is 12.2. The Balaban J connectivity index is 0.000000821. The average molecular weight is 393 g/mol. The second-order valence-electron chi connectivity index (χ2n) is 6.36. The Morgan fingerprint density at radius 3 is 2.04 bits per heavy atom.